The molecule has 5 heteroatoms. The van der Waals surface area contributed by atoms with Gasteiger partial charge in [-0.05, 0) is 31.2 Å². The predicted octanol–water partition coefficient (Wildman–Crippen LogP) is 2.99. The smallest absolute Gasteiger partial charge is 0.262 e. The van der Waals surface area contributed by atoms with Crippen molar-refractivity contribution in [2.24, 2.45) is 0 Å². The number of hydrogen-bond acceptors (Lipinski definition) is 4. The number of ether oxygens (including phenoxy) is 2. The maximum Gasteiger partial charge on any atom is 0.262 e. The first-order valence-corrected chi connectivity index (χ1v) is 5.51. The van der Waals surface area contributed by atoms with Crippen LogP contribution in [-0.2, 0) is 0 Å². The van der Waals surface area contributed by atoms with Crippen LogP contribution in [0.15, 0.2) is 36.5 Å². The number of aromatic nitrogens is 1. The third-order valence-electron chi connectivity index (χ3n) is 2.22. The van der Waals surface area contributed by atoms with Crippen molar-refractivity contribution >= 4 is 5.69 Å². The van der Waals surface area contributed by atoms with Crippen LogP contribution in [0.2, 0.25) is 0 Å². The van der Waals surface area contributed by atoms with Gasteiger partial charge in [0.1, 0.15) is 11.6 Å². The standard InChI is InChI=1S/C13H13FN2O2/c1-2-17-12-4-3-7-16-13(12)18-9-5-6-11(15)10(14)8-9/h3-8H,2,15H2,1H3. The summed E-state index contributed by atoms with van der Waals surface area (Å²) in [5.41, 5.74) is 5.47. The molecule has 94 valence electrons. The highest BCUT2D eigenvalue weighted by Gasteiger charge is 2.08. The lowest BCUT2D eigenvalue weighted by molar-refractivity contribution is 0.316. The molecule has 0 radical (unpaired) electrons. The molecule has 18 heavy (non-hydrogen) atoms. The third-order valence-corrected chi connectivity index (χ3v) is 2.22. The molecular weight excluding hydrogens is 235 g/mol. The van der Waals surface area contributed by atoms with E-state index in [2.05, 4.69) is 4.98 Å². The first kappa shape index (κ1) is 12.2. The van der Waals surface area contributed by atoms with Gasteiger partial charge in [-0.1, -0.05) is 0 Å². The number of nitrogens with two attached hydrogens (primary N) is 1. The first-order chi connectivity index (χ1) is 8.70. The SMILES string of the molecule is CCOc1cccnc1Oc1ccc(N)c(F)c1. The van der Waals surface area contributed by atoms with Gasteiger partial charge in [-0.2, -0.15) is 0 Å². The molecule has 0 spiro atoms. The molecule has 2 rings (SSSR count). The maximum atomic E-state index is 13.3. The Balaban J connectivity index is 2.25. The van der Waals surface area contributed by atoms with Crippen LogP contribution >= 0.6 is 0 Å². The van der Waals surface area contributed by atoms with Crippen molar-refractivity contribution in [1.82, 2.24) is 4.98 Å². The first-order valence-electron chi connectivity index (χ1n) is 5.51. The summed E-state index contributed by atoms with van der Waals surface area (Å²) >= 11 is 0. The minimum Gasteiger partial charge on any atom is -0.488 e. The quantitative estimate of drug-likeness (QED) is 0.845. The number of rotatable bonds is 4. The van der Waals surface area contributed by atoms with Crippen LogP contribution in [0, 0.1) is 5.82 Å². The normalized spacial score (nSPS) is 10.1. The zero-order chi connectivity index (χ0) is 13.0. The molecule has 0 bridgehead atoms. The maximum absolute atomic E-state index is 13.3. The van der Waals surface area contributed by atoms with Gasteiger partial charge in [0.15, 0.2) is 5.75 Å². The Hall–Kier alpha value is -2.30. The number of anilines is 1. The molecule has 2 aromatic rings. The second-order valence-corrected chi connectivity index (χ2v) is 3.53. The largest absolute Gasteiger partial charge is 0.488 e. The molecule has 0 fully saturated rings. The molecule has 2 N–H and O–H groups in total. The van der Waals surface area contributed by atoms with Crippen LogP contribution in [0.1, 0.15) is 6.92 Å². The second kappa shape index (κ2) is 5.35. The highest BCUT2D eigenvalue weighted by atomic mass is 19.1. The van der Waals surface area contributed by atoms with E-state index in [4.69, 9.17) is 15.2 Å². The Labute approximate surface area is 104 Å². The fourth-order valence-electron chi connectivity index (χ4n) is 1.40. The molecule has 0 atom stereocenters. The van der Waals surface area contributed by atoms with Crippen LogP contribution in [0.5, 0.6) is 17.4 Å². The minimum absolute atomic E-state index is 0.0772. The van der Waals surface area contributed by atoms with E-state index in [1.54, 1.807) is 24.4 Å². The Bertz CT molecular complexity index is 546. The van der Waals surface area contributed by atoms with E-state index in [-0.39, 0.29) is 5.69 Å². The van der Waals surface area contributed by atoms with Crippen LogP contribution in [0.25, 0.3) is 0 Å². The lowest BCUT2D eigenvalue weighted by atomic mass is 10.3. The topological polar surface area (TPSA) is 57.4 Å². The fourth-order valence-corrected chi connectivity index (χ4v) is 1.40. The summed E-state index contributed by atoms with van der Waals surface area (Å²) in [7, 11) is 0. The van der Waals surface area contributed by atoms with Crippen LogP contribution in [-0.4, -0.2) is 11.6 Å². The zero-order valence-corrected chi connectivity index (χ0v) is 9.89. The van der Waals surface area contributed by atoms with Crippen molar-refractivity contribution in [3.05, 3.63) is 42.3 Å². The van der Waals surface area contributed by atoms with Crippen molar-refractivity contribution < 1.29 is 13.9 Å². The van der Waals surface area contributed by atoms with E-state index in [0.29, 0.717) is 24.0 Å². The molecular formula is C13H13FN2O2. The summed E-state index contributed by atoms with van der Waals surface area (Å²) in [4.78, 5) is 4.04. The average Bonchev–Trinajstić information content (AvgIpc) is 2.37. The van der Waals surface area contributed by atoms with Gasteiger partial charge in [-0.3, -0.25) is 0 Å². The molecule has 0 unspecified atom stereocenters. The average molecular weight is 248 g/mol. The molecule has 0 aliphatic heterocycles. The van der Waals surface area contributed by atoms with Crippen molar-refractivity contribution in [1.29, 1.82) is 0 Å². The van der Waals surface area contributed by atoms with Gasteiger partial charge in [0, 0.05) is 12.3 Å². The minimum atomic E-state index is -0.526. The Morgan fingerprint density at radius 2 is 2.17 bits per heavy atom. The molecule has 0 aliphatic carbocycles. The number of halogens is 1. The molecule has 0 saturated carbocycles. The Morgan fingerprint density at radius 1 is 1.33 bits per heavy atom. The third kappa shape index (κ3) is 2.68. The predicted molar refractivity (Wildman–Crippen MR) is 66.3 cm³/mol. The second-order valence-electron chi connectivity index (χ2n) is 3.53. The molecule has 0 amide bonds. The molecule has 4 nitrogen and oxygen atoms in total. The lowest BCUT2D eigenvalue weighted by Gasteiger charge is -2.10. The summed E-state index contributed by atoms with van der Waals surface area (Å²) in [5, 5.41) is 0. The molecule has 1 aromatic heterocycles. The van der Waals surface area contributed by atoms with E-state index >= 15 is 0 Å². The molecule has 0 aliphatic rings. The van der Waals surface area contributed by atoms with Crippen molar-refractivity contribution in [2.45, 2.75) is 6.92 Å². The highest BCUT2D eigenvalue weighted by molar-refractivity contribution is 5.45. The number of benzene rings is 1. The molecule has 1 aromatic carbocycles. The van der Waals surface area contributed by atoms with Gasteiger partial charge in [0.05, 0.1) is 12.3 Å². The van der Waals surface area contributed by atoms with Gasteiger partial charge >= 0.3 is 0 Å². The summed E-state index contributed by atoms with van der Waals surface area (Å²) in [6.07, 6.45) is 1.57. The summed E-state index contributed by atoms with van der Waals surface area (Å²) in [6, 6.07) is 7.69. The van der Waals surface area contributed by atoms with Crippen molar-refractivity contribution in [3.63, 3.8) is 0 Å². The highest BCUT2D eigenvalue weighted by Crippen LogP contribution is 2.29. The van der Waals surface area contributed by atoms with E-state index in [9.17, 15) is 4.39 Å². The monoisotopic (exact) mass is 248 g/mol. The summed E-state index contributed by atoms with van der Waals surface area (Å²) in [5.74, 6) is 0.600. The van der Waals surface area contributed by atoms with Crippen LogP contribution < -0.4 is 15.2 Å². The zero-order valence-electron chi connectivity index (χ0n) is 9.89. The number of hydrogen-bond donors (Lipinski definition) is 1. The molecule has 1 heterocycles. The van der Waals surface area contributed by atoms with Crippen molar-refractivity contribution in [2.75, 3.05) is 12.3 Å². The van der Waals surface area contributed by atoms with Gasteiger partial charge in [-0.25, -0.2) is 9.37 Å². The van der Waals surface area contributed by atoms with E-state index < -0.39 is 5.82 Å². The Morgan fingerprint density at radius 3 is 2.89 bits per heavy atom. The van der Waals surface area contributed by atoms with Crippen LogP contribution in [0.3, 0.4) is 0 Å². The van der Waals surface area contributed by atoms with Crippen molar-refractivity contribution in [3.8, 4) is 17.4 Å². The number of pyridine rings is 1. The summed E-state index contributed by atoms with van der Waals surface area (Å²) < 4.78 is 24.1. The van der Waals surface area contributed by atoms with Gasteiger partial charge < -0.3 is 15.2 Å². The van der Waals surface area contributed by atoms with Crippen LogP contribution in [0.4, 0.5) is 10.1 Å². The van der Waals surface area contributed by atoms with E-state index in [0.717, 1.165) is 0 Å². The lowest BCUT2D eigenvalue weighted by Crippen LogP contribution is -1.97. The van der Waals surface area contributed by atoms with E-state index in [1.165, 1.54) is 12.1 Å². The fraction of sp³-hybridized carbons (Fsp3) is 0.154. The van der Waals surface area contributed by atoms with E-state index in [1.807, 2.05) is 6.92 Å². The van der Waals surface area contributed by atoms with Gasteiger partial charge in [0.25, 0.3) is 5.88 Å². The number of nitrogens with zero attached hydrogens (tertiary/aromatic N) is 1. The van der Waals surface area contributed by atoms with Gasteiger partial charge in [0.2, 0.25) is 0 Å². The number of nitrogen functional groups attached to an aromatic ring is 1. The van der Waals surface area contributed by atoms with Gasteiger partial charge in [-0.15, -0.1) is 0 Å². The summed E-state index contributed by atoms with van der Waals surface area (Å²) in [6.45, 7) is 2.36. The molecule has 0 saturated heterocycles. The Kier molecular flexibility index (Phi) is 3.62.